The van der Waals surface area contributed by atoms with Crippen LogP contribution >= 0.6 is 11.3 Å². The Balaban J connectivity index is 0.000000240. The molecule has 1 aliphatic heterocycles. The Bertz CT molecular complexity index is 462. The van der Waals surface area contributed by atoms with Crippen LogP contribution in [-0.4, -0.2) is 32.4 Å². The van der Waals surface area contributed by atoms with Gasteiger partial charge in [-0.3, -0.25) is 15.1 Å². The summed E-state index contributed by atoms with van der Waals surface area (Å²) in [4.78, 5) is 14.7. The first kappa shape index (κ1) is 16.1. The lowest BCUT2D eigenvalue weighted by Crippen LogP contribution is -2.52. The topological polar surface area (TPSA) is 79.5 Å². The average Bonchev–Trinajstić information content (AvgIpc) is 2.92. The van der Waals surface area contributed by atoms with Crippen molar-refractivity contribution >= 4 is 30.0 Å². The van der Waals surface area contributed by atoms with Crippen molar-refractivity contribution in [3.8, 4) is 0 Å². The van der Waals surface area contributed by atoms with E-state index in [2.05, 4.69) is 15.6 Å². The van der Waals surface area contributed by atoms with Gasteiger partial charge < -0.3 is 11.1 Å². The second-order valence-electron chi connectivity index (χ2n) is 4.00. The number of nitrogens with zero attached hydrogens (tertiary/aromatic N) is 1. The molecule has 0 bridgehead atoms. The molecule has 1 aromatic heterocycles. The zero-order valence-corrected chi connectivity index (χ0v) is 12.3. The van der Waals surface area contributed by atoms with Gasteiger partial charge in [-0.2, -0.15) is 0 Å². The quantitative estimate of drug-likeness (QED) is 0.435. The lowest BCUT2D eigenvalue weighted by molar-refractivity contribution is -0.110. The zero-order chi connectivity index (χ0) is 14.6. The largest absolute Gasteiger partial charge is 0.399 e. The third kappa shape index (κ3) is 6.86. The summed E-state index contributed by atoms with van der Waals surface area (Å²) in [5.74, 6) is 0. The Labute approximate surface area is 123 Å². The predicted octanol–water partition coefficient (Wildman–Crippen LogP) is 1.36. The van der Waals surface area contributed by atoms with Crippen LogP contribution in [0.2, 0.25) is 0 Å². The van der Waals surface area contributed by atoms with Crippen molar-refractivity contribution in [1.29, 1.82) is 0 Å². The first-order valence-corrected chi connectivity index (χ1v) is 7.17. The van der Waals surface area contributed by atoms with Crippen LogP contribution < -0.4 is 16.4 Å². The van der Waals surface area contributed by atoms with Crippen LogP contribution in [0.4, 0.5) is 0 Å². The van der Waals surface area contributed by atoms with Gasteiger partial charge in [0.25, 0.3) is 0 Å². The molecule has 108 valence electrons. The van der Waals surface area contributed by atoms with E-state index < -0.39 is 0 Å². The number of carbonyl (C=O) groups excluding carboxylic acids is 1. The van der Waals surface area contributed by atoms with Gasteiger partial charge in [0.05, 0.1) is 6.17 Å². The first-order chi connectivity index (χ1) is 9.76. The van der Waals surface area contributed by atoms with Crippen molar-refractivity contribution in [2.75, 3.05) is 13.6 Å². The van der Waals surface area contributed by atoms with Crippen molar-refractivity contribution in [2.45, 2.75) is 12.6 Å². The number of hydrogen-bond acceptors (Lipinski definition) is 5. The Morgan fingerprint density at radius 3 is 2.90 bits per heavy atom. The predicted molar refractivity (Wildman–Crippen MR) is 85.6 cm³/mol. The molecule has 1 aliphatic rings. The van der Waals surface area contributed by atoms with Gasteiger partial charge >= 0.3 is 0 Å². The second kappa shape index (κ2) is 9.94. The summed E-state index contributed by atoms with van der Waals surface area (Å²) < 4.78 is 0. The molecule has 1 atom stereocenters. The van der Waals surface area contributed by atoms with Gasteiger partial charge in [0, 0.05) is 30.4 Å². The minimum absolute atomic E-state index is 0.262. The van der Waals surface area contributed by atoms with E-state index in [0.717, 1.165) is 19.4 Å². The molecule has 6 heteroatoms. The number of allylic oxidation sites excluding steroid dienone is 2. The molecule has 0 radical (unpaired) electrons. The minimum atomic E-state index is 0.262. The van der Waals surface area contributed by atoms with Crippen LogP contribution in [0.25, 0.3) is 6.08 Å². The van der Waals surface area contributed by atoms with Crippen molar-refractivity contribution in [3.05, 3.63) is 40.2 Å². The molecule has 0 aliphatic carbocycles. The molecule has 0 spiro atoms. The summed E-state index contributed by atoms with van der Waals surface area (Å²) in [5.41, 5.74) is 6.37. The fourth-order valence-corrected chi connectivity index (χ4v) is 1.91. The van der Waals surface area contributed by atoms with E-state index >= 15 is 0 Å². The molecular formula is C14H20N4OS. The SMILES string of the molecule is CN=C/C=C(N)/C=C/c1cccs1.O=CNC1CCN1. The third-order valence-electron chi connectivity index (χ3n) is 2.49. The number of amides is 1. The van der Waals surface area contributed by atoms with Crippen LogP contribution in [0.5, 0.6) is 0 Å². The lowest BCUT2D eigenvalue weighted by Gasteiger charge is -2.26. The van der Waals surface area contributed by atoms with Gasteiger partial charge in [0.15, 0.2) is 0 Å². The van der Waals surface area contributed by atoms with Crippen LogP contribution in [0, 0.1) is 0 Å². The van der Waals surface area contributed by atoms with Crippen molar-refractivity contribution in [2.24, 2.45) is 10.7 Å². The Hall–Kier alpha value is -1.92. The standard InChI is InChI=1S/C10H12N2S.C4H8N2O/c1-12-7-6-9(11)4-5-10-3-2-8-13-10;7-3-6-4-1-2-5-4/h2-8H,11H2,1H3;3-5H,1-2H2,(H,6,7)/b5-4+,9-6-,12-7?;. The summed E-state index contributed by atoms with van der Waals surface area (Å²) in [7, 11) is 1.72. The maximum Gasteiger partial charge on any atom is 0.208 e. The van der Waals surface area contributed by atoms with E-state index in [4.69, 9.17) is 5.73 Å². The molecule has 2 rings (SSSR count). The molecule has 1 saturated heterocycles. The highest BCUT2D eigenvalue weighted by Gasteiger charge is 2.13. The fourth-order valence-electron chi connectivity index (χ4n) is 1.29. The molecule has 1 unspecified atom stereocenters. The van der Waals surface area contributed by atoms with Crippen molar-refractivity contribution in [1.82, 2.24) is 10.6 Å². The molecule has 0 aromatic carbocycles. The van der Waals surface area contributed by atoms with Gasteiger partial charge in [0.1, 0.15) is 0 Å². The van der Waals surface area contributed by atoms with Crippen molar-refractivity contribution in [3.63, 3.8) is 0 Å². The highest BCUT2D eigenvalue weighted by atomic mass is 32.1. The first-order valence-electron chi connectivity index (χ1n) is 6.29. The van der Waals surface area contributed by atoms with E-state index in [0.29, 0.717) is 5.70 Å². The van der Waals surface area contributed by atoms with Crippen LogP contribution in [0.15, 0.2) is 40.4 Å². The highest BCUT2D eigenvalue weighted by molar-refractivity contribution is 7.10. The molecule has 1 amide bonds. The monoisotopic (exact) mass is 292 g/mol. The summed E-state index contributed by atoms with van der Waals surface area (Å²) >= 11 is 1.69. The third-order valence-corrected chi connectivity index (χ3v) is 3.33. The number of rotatable bonds is 5. The normalized spacial score (nSPS) is 18.4. The van der Waals surface area contributed by atoms with E-state index in [9.17, 15) is 4.79 Å². The number of nitrogens with two attached hydrogens (primary N) is 1. The zero-order valence-electron chi connectivity index (χ0n) is 11.5. The van der Waals surface area contributed by atoms with Gasteiger partial charge in [-0.1, -0.05) is 6.07 Å². The maximum absolute atomic E-state index is 9.66. The molecule has 0 saturated carbocycles. The van der Waals surface area contributed by atoms with Crippen LogP contribution in [-0.2, 0) is 4.79 Å². The summed E-state index contributed by atoms with van der Waals surface area (Å²) in [6.07, 6.45) is 9.35. The molecule has 1 aromatic rings. The van der Waals surface area contributed by atoms with E-state index in [1.54, 1.807) is 30.7 Å². The number of thiophene rings is 1. The lowest BCUT2D eigenvalue weighted by atomic mass is 10.2. The van der Waals surface area contributed by atoms with Crippen LogP contribution in [0.3, 0.4) is 0 Å². The molecule has 4 N–H and O–H groups in total. The summed E-state index contributed by atoms with van der Waals surface area (Å²) in [5, 5.41) is 7.63. The Morgan fingerprint density at radius 1 is 1.65 bits per heavy atom. The molecule has 2 heterocycles. The number of nitrogens with one attached hydrogen (secondary N) is 2. The number of carbonyl (C=O) groups is 1. The molecule has 1 fully saturated rings. The average molecular weight is 292 g/mol. The van der Waals surface area contributed by atoms with Gasteiger partial charge in [-0.25, -0.2) is 0 Å². The molecule has 5 nitrogen and oxygen atoms in total. The summed E-state index contributed by atoms with van der Waals surface area (Å²) in [6.45, 7) is 1.03. The van der Waals surface area contributed by atoms with E-state index in [-0.39, 0.29) is 6.17 Å². The smallest absolute Gasteiger partial charge is 0.208 e. The van der Waals surface area contributed by atoms with E-state index in [1.807, 2.05) is 29.7 Å². The maximum atomic E-state index is 9.66. The fraction of sp³-hybridized carbons (Fsp3) is 0.286. The Morgan fingerprint density at radius 2 is 2.45 bits per heavy atom. The molecular weight excluding hydrogens is 272 g/mol. The van der Waals surface area contributed by atoms with Crippen molar-refractivity contribution < 1.29 is 4.79 Å². The van der Waals surface area contributed by atoms with Crippen LogP contribution in [0.1, 0.15) is 11.3 Å². The number of hydrogen-bond donors (Lipinski definition) is 3. The summed E-state index contributed by atoms with van der Waals surface area (Å²) in [6, 6.07) is 4.06. The Kier molecular flexibility index (Phi) is 8.02. The van der Waals surface area contributed by atoms with Gasteiger partial charge in [0.2, 0.25) is 6.41 Å². The minimum Gasteiger partial charge on any atom is -0.399 e. The molecule has 20 heavy (non-hydrogen) atoms. The number of aliphatic imine (C=N–C) groups is 1. The highest BCUT2D eigenvalue weighted by Crippen LogP contribution is 2.10. The van der Waals surface area contributed by atoms with E-state index in [1.165, 1.54) is 4.88 Å². The van der Waals surface area contributed by atoms with Gasteiger partial charge in [-0.15, -0.1) is 11.3 Å². The van der Waals surface area contributed by atoms with Gasteiger partial charge in [-0.05, 0) is 36.1 Å². The second-order valence-corrected chi connectivity index (χ2v) is 4.98.